The second kappa shape index (κ2) is 13.1. The van der Waals surface area contributed by atoms with Gasteiger partial charge in [-0.15, -0.1) is 0 Å². The van der Waals surface area contributed by atoms with E-state index in [1.54, 1.807) is 0 Å². The topological polar surface area (TPSA) is 18.5 Å². The van der Waals surface area contributed by atoms with Crippen molar-refractivity contribution in [3.63, 3.8) is 0 Å². The lowest BCUT2D eigenvalue weighted by atomic mass is 10.2. The molecule has 0 bridgehead atoms. The number of rotatable bonds is 8. The highest BCUT2D eigenvalue weighted by Crippen LogP contribution is 2.38. The maximum absolute atomic E-state index is 7.74. The molecule has 2 heterocycles. The van der Waals surface area contributed by atoms with Crippen molar-refractivity contribution in [2.75, 3.05) is 0 Å². The van der Waals surface area contributed by atoms with Crippen LogP contribution in [0.4, 0.5) is 0 Å². The molecule has 38 heavy (non-hydrogen) atoms. The van der Waals surface area contributed by atoms with Crippen LogP contribution in [0.3, 0.4) is 0 Å². The molecule has 0 aromatic heterocycles. The fraction of sp³-hybridized carbons (Fsp3) is 0.500. The van der Waals surface area contributed by atoms with E-state index in [-0.39, 0.29) is 61.7 Å². The van der Waals surface area contributed by atoms with Crippen LogP contribution in [0.25, 0.3) is 0 Å². The molecule has 2 unspecified atom stereocenters. The van der Waals surface area contributed by atoms with Crippen molar-refractivity contribution in [2.45, 2.75) is 78.7 Å². The van der Waals surface area contributed by atoms with Gasteiger partial charge in [0.15, 0.2) is 7.35 Å². The minimum absolute atomic E-state index is 0.118. The lowest BCUT2D eigenvalue weighted by molar-refractivity contribution is 0.314. The predicted octanol–water partition coefficient (Wildman–Crippen LogP) is 4.60. The molecule has 0 spiro atoms. The van der Waals surface area contributed by atoms with E-state index >= 15 is 0 Å². The van der Waals surface area contributed by atoms with Crippen LogP contribution in [-0.2, 0) is 22.1 Å². The molecule has 2 aliphatic heterocycles. The van der Waals surface area contributed by atoms with Crippen molar-refractivity contribution in [3.05, 3.63) is 71.8 Å². The van der Waals surface area contributed by atoms with Crippen LogP contribution < -0.4 is 0 Å². The van der Waals surface area contributed by atoms with Gasteiger partial charge in [0.05, 0.1) is 37.2 Å². The van der Waals surface area contributed by atoms with Gasteiger partial charge in [0.25, 0.3) is 0 Å². The summed E-state index contributed by atoms with van der Waals surface area (Å²) < 4.78 is 15.3. The zero-order valence-electron chi connectivity index (χ0n) is 25.0. The molecule has 2 atom stereocenters. The van der Waals surface area contributed by atoms with Gasteiger partial charge in [-0.05, 0) is 11.1 Å². The van der Waals surface area contributed by atoms with Crippen LogP contribution in [0.1, 0.15) is 11.1 Å². The Balaban J connectivity index is 1.80. The Morgan fingerprint density at radius 2 is 1.16 bits per heavy atom. The van der Waals surface area contributed by atoms with Crippen LogP contribution >= 0.6 is 0 Å². The first kappa shape index (κ1) is 31.9. The van der Waals surface area contributed by atoms with Gasteiger partial charge in [-0.3, -0.25) is 0 Å². The second-order valence-corrected chi connectivity index (χ2v) is 109. The molecule has 2 nitrogen and oxygen atoms in total. The zero-order chi connectivity index (χ0) is 27.8. The molecule has 2 aromatic rings. The quantitative estimate of drug-likeness (QED) is 0.375. The molecule has 0 aliphatic carbocycles. The largest absolute Gasteiger partial charge is 0.423 e. The van der Waals surface area contributed by atoms with E-state index < -0.39 is 30.4 Å². The van der Waals surface area contributed by atoms with E-state index in [2.05, 4.69) is 126 Å². The van der Waals surface area contributed by atoms with Gasteiger partial charge in [-0.25, -0.2) is 0 Å². The summed E-state index contributed by atoms with van der Waals surface area (Å²) in [5, 5.41) is 0. The minimum Gasteiger partial charge on any atom is -0.423 e. The molecule has 4 rings (SSSR count). The first-order chi connectivity index (χ1) is 18.0. The van der Waals surface area contributed by atoms with Crippen molar-refractivity contribution in [2.24, 2.45) is 0 Å². The Morgan fingerprint density at radius 3 is 1.63 bits per heavy atom. The van der Waals surface area contributed by atoms with Gasteiger partial charge in [-0.2, -0.15) is 0 Å². The van der Waals surface area contributed by atoms with E-state index in [0.29, 0.717) is 0 Å². The van der Waals surface area contributed by atoms with Gasteiger partial charge in [0.2, 0.25) is 0 Å². The third kappa shape index (κ3) is 5.78. The molecule has 2 aromatic carbocycles. The van der Waals surface area contributed by atoms with Crippen molar-refractivity contribution in [1.82, 2.24) is 0 Å². The van der Waals surface area contributed by atoms with E-state index in [0.717, 1.165) is 13.2 Å². The van der Waals surface area contributed by atoms with Gasteiger partial charge in [-0.1, -0.05) is 126 Å². The molecule has 14 heteroatoms. The maximum Gasteiger partial charge on any atom is 0.152 e. The first-order valence-corrected chi connectivity index (χ1v) is 50.6. The van der Waals surface area contributed by atoms with Gasteiger partial charge >= 0.3 is 0 Å². The Morgan fingerprint density at radius 1 is 0.658 bits per heavy atom. The SMILES string of the molecule is C[Si](C)[Si]1[Si](C)[Si]2[Si](C)[Si](C)[Si](C)[Si](C)(OCc3ccccc3)[Si]2[Si](C)[Si]1(OCc1ccccc1)[Si](C)C. The summed E-state index contributed by atoms with van der Waals surface area (Å²) in [6.07, 6.45) is 0. The summed E-state index contributed by atoms with van der Waals surface area (Å²) in [6, 6.07) is 22.4. The number of fused-ring (bicyclic) bond motifs is 1. The molecule has 2 fully saturated rings. The molecule has 0 saturated carbocycles. The smallest absolute Gasteiger partial charge is 0.152 e. The van der Waals surface area contributed by atoms with Gasteiger partial charge < -0.3 is 8.85 Å². The highest BCUT2D eigenvalue weighted by molar-refractivity contribution is 8.25. The number of hydrogen-bond acceptors (Lipinski definition) is 2. The molecular formula is C24H44O2Si12. The Labute approximate surface area is 249 Å². The van der Waals surface area contributed by atoms with Crippen LogP contribution in [-0.4, -0.2) is 92.1 Å². The highest BCUT2D eigenvalue weighted by atomic mass is 30.5. The summed E-state index contributed by atoms with van der Waals surface area (Å²) in [5.41, 5.74) is 2.82. The Bertz CT molecular complexity index is 1050. The summed E-state index contributed by atoms with van der Waals surface area (Å²) >= 11 is 0. The van der Waals surface area contributed by atoms with Crippen molar-refractivity contribution in [1.29, 1.82) is 0 Å². The number of hydrogen-bond donors (Lipinski definition) is 0. The third-order valence-electron chi connectivity index (χ3n) is 8.82. The first-order valence-electron chi connectivity index (χ1n) is 13.8. The molecule has 2 saturated heterocycles. The van der Waals surface area contributed by atoms with Crippen molar-refractivity contribution in [3.8, 4) is 0 Å². The minimum atomic E-state index is -1.72. The van der Waals surface area contributed by atoms with E-state index in [1.807, 2.05) is 0 Å². The fourth-order valence-corrected chi connectivity index (χ4v) is 455. The number of benzene rings is 2. The summed E-state index contributed by atoms with van der Waals surface area (Å²) in [6.45, 7) is 28.2. The van der Waals surface area contributed by atoms with Gasteiger partial charge in [0, 0.05) is 53.9 Å². The molecule has 0 N–H and O–H groups in total. The molecule has 2 aliphatic rings. The standard InChI is InChI=1S/C24H44O2Si12/c1-27(2)35-31(7)34-30(6)29(5)32(8)37(10,25-21-23-17-13-11-14-18-23)36(34)33(9)38(35,28(3)4)26-22-24-19-15-12-16-20-24/h11-20H,21-22H2,1-10H3. The van der Waals surface area contributed by atoms with E-state index in [9.17, 15) is 0 Å². The summed E-state index contributed by atoms with van der Waals surface area (Å²) in [7, 11) is -4.68. The maximum atomic E-state index is 7.74. The highest BCUT2D eigenvalue weighted by Gasteiger charge is 2.71. The van der Waals surface area contributed by atoms with Crippen LogP contribution in [0.2, 0.25) is 65.5 Å². The van der Waals surface area contributed by atoms with Crippen LogP contribution in [0.15, 0.2) is 60.7 Å². The lowest BCUT2D eigenvalue weighted by Gasteiger charge is -2.64. The lowest BCUT2D eigenvalue weighted by Crippen LogP contribution is -2.99. The molecule has 10 radical (unpaired) electrons. The van der Waals surface area contributed by atoms with E-state index in [1.165, 1.54) is 11.1 Å². The summed E-state index contributed by atoms with van der Waals surface area (Å²) in [5.74, 6) is 0. The Kier molecular flexibility index (Phi) is 11.0. The van der Waals surface area contributed by atoms with Crippen LogP contribution in [0.5, 0.6) is 0 Å². The van der Waals surface area contributed by atoms with E-state index in [4.69, 9.17) is 8.85 Å². The molecule has 0 amide bonds. The van der Waals surface area contributed by atoms with Gasteiger partial charge in [0.1, 0.15) is 6.87 Å². The zero-order valence-corrected chi connectivity index (χ0v) is 37.0. The predicted molar refractivity (Wildman–Crippen MR) is 190 cm³/mol. The summed E-state index contributed by atoms with van der Waals surface area (Å²) in [4.78, 5) is 0. The third-order valence-corrected chi connectivity index (χ3v) is 229. The normalized spacial score (nSPS) is 28.0. The van der Waals surface area contributed by atoms with Crippen LogP contribution in [0, 0.1) is 0 Å². The molecular weight excluding hydrogens is 657 g/mol. The second-order valence-electron chi connectivity index (χ2n) is 11.5. The average molecular weight is 702 g/mol. The van der Waals surface area contributed by atoms with Crippen molar-refractivity contribution < 1.29 is 8.85 Å². The fourth-order valence-electron chi connectivity index (χ4n) is 6.63. The monoisotopic (exact) mass is 700 g/mol. The average Bonchev–Trinajstić information content (AvgIpc) is 2.90. The Hall–Kier alpha value is 0.963. The molecule has 200 valence electrons. The van der Waals surface area contributed by atoms with Crippen molar-refractivity contribution >= 4 is 92.1 Å².